The first-order chi connectivity index (χ1) is 10.2. The normalized spacial score (nSPS) is 13.8. The molecule has 0 fully saturated rings. The van der Waals surface area contributed by atoms with E-state index in [4.69, 9.17) is 4.74 Å². The van der Waals surface area contributed by atoms with E-state index in [-0.39, 0.29) is 0 Å². The Bertz CT molecular complexity index is 733. The van der Waals surface area contributed by atoms with Gasteiger partial charge in [0.05, 0.1) is 0 Å². The molecule has 0 aromatic heterocycles. The number of hydrogen-bond acceptors (Lipinski definition) is 1. The third kappa shape index (κ3) is 2.81. The second-order valence-electron chi connectivity index (χ2n) is 5.03. The van der Waals surface area contributed by atoms with Gasteiger partial charge in [-0.25, -0.2) is 0 Å². The van der Waals surface area contributed by atoms with Crippen LogP contribution in [0.4, 0.5) is 0 Å². The van der Waals surface area contributed by atoms with Crippen LogP contribution in [-0.4, -0.2) is 0 Å². The molecule has 0 amide bonds. The van der Waals surface area contributed by atoms with Gasteiger partial charge in [0.2, 0.25) is 0 Å². The van der Waals surface area contributed by atoms with E-state index in [0.717, 1.165) is 23.1 Å². The Morgan fingerprint density at radius 2 is 1.52 bits per heavy atom. The Labute approximate surface area is 133 Å². The van der Waals surface area contributed by atoms with Crippen LogP contribution in [0.3, 0.4) is 0 Å². The molecule has 0 saturated heterocycles. The molecule has 1 unspecified atom stereocenters. The van der Waals surface area contributed by atoms with Crippen LogP contribution in [0.25, 0.3) is 10.8 Å². The number of rotatable bonds is 4. The van der Waals surface area contributed by atoms with Gasteiger partial charge in [-0.2, -0.15) is 0 Å². The standard InChI is InChI=1S/C19H17BrO/c1-2-19(20,16-11-4-3-5-12-16)21-18-14-8-10-15-9-6-7-13-17(15)18/h3-14H,2H2,1H3. The molecule has 1 atom stereocenters. The predicted molar refractivity (Wildman–Crippen MR) is 91.9 cm³/mol. The van der Waals surface area contributed by atoms with Gasteiger partial charge in [-0.05, 0) is 33.8 Å². The highest BCUT2D eigenvalue weighted by Crippen LogP contribution is 2.39. The van der Waals surface area contributed by atoms with E-state index in [0.29, 0.717) is 0 Å². The topological polar surface area (TPSA) is 9.23 Å². The van der Waals surface area contributed by atoms with Gasteiger partial charge in [-0.3, -0.25) is 0 Å². The van der Waals surface area contributed by atoms with Gasteiger partial charge >= 0.3 is 0 Å². The fourth-order valence-electron chi connectivity index (χ4n) is 2.48. The van der Waals surface area contributed by atoms with Crippen molar-refractivity contribution < 1.29 is 4.74 Å². The number of fused-ring (bicyclic) bond motifs is 1. The van der Waals surface area contributed by atoms with Crippen molar-refractivity contribution in [1.82, 2.24) is 0 Å². The molecule has 21 heavy (non-hydrogen) atoms. The van der Waals surface area contributed by atoms with E-state index in [1.165, 1.54) is 5.39 Å². The average molecular weight is 341 g/mol. The largest absolute Gasteiger partial charge is 0.471 e. The minimum absolute atomic E-state index is 0.502. The number of alkyl halides is 1. The Morgan fingerprint density at radius 3 is 2.29 bits per heavy atom. The molecule has 0 spiro atoms. The lowest BCUT2D eigenvalue weighted by Crippen LogP contribution is -2.24. The van der Waals surface area contributed by atoms with E-state index in [1.54, 1.807) is 0 Å². The van der Waals surface area contributed by atoms with Crippen molar-refractivity contribution in [2.75, 3.05) is 0 Å². The highest BCUT2D eigenvalue weighted by molar-refractivity contribution is 9.09. The highest BCUT2D eigenvalue weighted by atomic mass is 79.9. The quantitative estimate of drug-likeness (QED) is 0.539. The van der Waals surface area contributed by atoms with Crippen LogP contribution >= 0.6 is 15.9 Å². The third-order valence-corrected chi connectivity index (χ3v) is 4.86. The summed E-state index contributed by atoms with van der Waals surface area (Å²) in [4.78, 5) is 0. The minimum Gasteiger partial charge on any atom is -0.471 e. The molecule has 0 saturated carbocycles. The second kappa shape index (κ2) is 5.90. The Balaban J connectivity index is 2.04. The molecule has 3 aromatic carbocycles. The van der Waals surface area contributed by atoms with Crippen molar-refractivity contribution in [1.29, 1.82) is 0 Å². The first-order valence-electron chi connectivity index (χ1n) is 7.14. The fraction of sp³-hybridized carbons (Fsp3) is 0.158. The number of ether oxygens (including phenoxy) is 1. The number of benzene rings is 3. The van der Waals surface area contributed by atoms with Crippen LogP contribution < -0.4 is 4.74 Å². The van der Waals surface area contributed by atoms with Crippen molar-refractivity contribution in [3.63, 3.8) is 0 Å². The molecular formula is C19H17BrO. The summed E-state index contributed by atoms with van der Waals surface area (Å²) in [5.41, 5.74) is 1.13. The molecule has 0 radical (unpaired) electrons. The van der Waals surface area contributed by atoms with Crippen LogP contribution in [0, 0.1) is 0 Å². The molecule has 2 heteroatoms. The van der Waals surface area contributed by atoms with Gasteiger partial charge in [0.25, 0.3) is 0 Å². The molecule has 0 bridgehead atoms. The van der Waals surface area contributed by atoms with Crippen LogP contribution in [-0.2, 0) is 4.51 Å². The lowest BCUT2D eigenvalue weighted by Gasteiger charge is -2.28. The lowest BCUT2D eigenvalue weighted by atomic mass is 10.1. The molecule has 0 aliphatic rings. The summed E-state index contributed by atoms with van der Waals surface area (Å²) >= 11 is 3.79. The molecule has 1 nitrogen and oxygen atoms in total. The van der Waals surface area contributed by atoms with Gasteiger partial charge in [0, 0.05) is 10.9 Å². The molecule has 0 heterocycles. The lowest BCUT2D eigenvalue weighted by molar-refractivity contribution is 0.172. The monoisotopic (exact) mass is 340 g/mol. The van der Waals surface area contributed by atoms with E-state index >= 15 is 0 Å². The smallest absolute Gasteiger partial charge is 0.188 e. The Kier molecular flexibility index (Phi) is 3.98. The molecule has 0 aliphatic carbocycles. The maximum absolute atomic E-state index is 6.37. The average Bonchev–Trinajstić information content (AvgIpc) is 2.56. The van der Waals surface area contributed by atoms with Gasteiger partial charge in [0.1, 0.15) is 5.75 Å². The Morgan fingerprint density at radius 1 is 0.857 bits per heavy atom. The summed E-state index contributed by atoms with van der Waals surface area (Å²) in [5, 5.41) is 2.32. The summed E-state index contributed by atoms with van der Waals surface area (Å²) in [6, 6.07) is 24.7. The van der Waals surface area contributed by atoms with Crippen LogP contribution in [0.1, 0.15) is 18.9 Å². The van der Waals surface area contributed by atoms with E-state index in [1.807, 2.05) is 42.5 Å². The highest BCUT2D eigenvalue weighted by Gasteiger charge is 2.29. The summed E-state index contributed by atoms with van der Waals surface area (Å²) in [6.07, 6.45) is 0.834. The van der Waals surface area contributed by atoms with Gasteiger partial charge in [-0.15, -0.1) is 0 Å². The molecule has 3 rings (SSSR count). The van der Waals surface area contributed by atoms with Crippen molar-refractivity contribution in [2.24, 2.45) is 0 Å². The van der Waals surface area contributed by atoms with Gasteiger partial charge in [0.15, 0.2) is 4.51 Å². The molecule has 106 valence electrons. The number of halogens is 1. The Hall–Kier alpha value is -1.80. The first kappa shape index (κ1) is 14.2. The minimum atomic E-state index is -0.502. The van der Waals surface area contributed by atoms with Gasteiger partial charge in [-0.1, -0.05) is 73.7 Å². The molecule has 3 aromatic rings. The fourth-order valence-corrected chi connectivity index (χ4v) is 2.92. The van der Waals surface area contributed by atoms with Crippen molar-refractivity contribution in [3.05, 3.63) is 78.4 Å². The van der Waals surface area contributed by atoms with E-state index < -0.39 is 4.51 Å². The number of hydrogen-bond donors (Lipinski definition) is 0. The molecule has 0 N–H and O–H groups in total. The van der Waals surface area contributed by atoms with Crippen molar-refractivity contribution in [2.45, 2.75) is 17.9 Å². The second-order valence-corrected chi connectivity index (χ2v) is 6.31. The first-order valence-corrected chi connectivity index (χ1v) is 7.93. The zero-order chi connectivity index (χ0) is 14.7. The van der Waals surface area contributed by atoms with E-state index in [2.05, 4.69) is 53.2 Å². The maximum atomic E-state index is 6.37. The zero-order valence-corrected chi connectivity index (χ0v) is 13.5. The van der Waals surface area contributed by atoms with Crippen molar-refractivity contribution in [3.8, 4) is 5.75 Å². The third-order valence-electron chi connectivity index (χ3n) is 3.68. The molecule has 0 aliphatic heterocycles. The van der Waals surface area contributed by atoms with Gasteiger partial charge < -0.3 is 4.74 Å². The summed E-state index contributed by atoms with van der Waals surface area (Å²) in [7, 11) is 0. The summed E-state index contributed by atoms with van der Waals surface area (Å²) in [6.45, 7) is 2.12. The maximum Gasteiger partial charge on any atom is 0.188 e. The van der Waals surface area contributed by atoms with Crippen LogP contribution in [0.15, 0.2) is 72.8 Å². The van der Waals surface area contributed by atoms with E-state index in [9.17, 15) is 0 Å². The summed E-state index contributed by atoms with van der Waals surface area (Å²) in [5.74, 6) is 0.899. The van der Waals surface area contributed by atoms with Crippen molar-refractivity contribution >= 4 is 26.7 Å². The zero-order valence-electron chi connectivity index (χ0n) is 11.9. The summed E-state index contributed by atoms with van der Waals surface area (Å²) < 4.78 is 5.87. The SMILES string of the molecule is CCC(Br)(Oc1cccc2ccccc12)c1ccccc1. The molecular weight excluding hydrogens is 324 g/mol. The predicted octanol–water partition coefficient (Wildman–Crippen LogP) is 5.88. The van der Waals surface area contributed by atoms with Crippen LogP contribution in [0.2, 0.25) is 0 Å². The van der Waals surface area contributed by atoms with Crippen LogP contribution in [0.5, 0.6) is 5.75 Å².